The molecule has 0 saturated carbocycles. The molecular formula is C13H11BrN2OS. The van der Waals surface area contributed by atoms with Crippen LogP contribution in [0.4, 0.5) is 0 Å². The molecule has 1 aliphatic rings. The Bertz CT molecular complexity index is 596. The summed E-state index contributed by atoms with van der Waals surface area (Å²) in [4.78, 5) is 19.7. The highest BCUT2D eigenvalue weighted by molar-refractivity contribution is 9.10. The van der Waals surface area contributed by atoms with E-state index in [1.807, 2.05) is 11.0 Å². The van der Waals surface area contributed by atoms with Gasteiger partial charge in [0.05, 0.1) is 5.56 Å². The van der Waals surface area contributed by atoms with Crippen LogP contribution in [0.25, 0.3) is 0 Å². The van der Waals surface area contributed by atoms with Crippen molar-refractivity contribution in [3.63, 3.8) is 0 Å². The first-order valence-corrected chi connectivity index (χ1v) is 7.36. The van der Waals surface area contributed by atoms with Crippen molar-refractivity contribution >= 4 is 33.2 Å². The lowest BCUT2D eigenvalue weighted by atomic mass is 10.1. The normalized spacial score (nSPS) is 14.4. The Morgan fingerprint density at radius 3 is 3.17 bits per heavy atom. The number of carbonyl (C=O) groups is 1. The predicted molar refractivity (Wildman–Crippen MR) is 74.7 cm³/mol. The minimum absolute atomic E-state index is 0.0562. The minimum atomic E-state index is 0.0562. The van der Waals surface area contributed by atoms with Gasteiger partial charge in [-0.25, -0.2) is 0 Å². The molecule has 0 bridgehead atoms. The Morgan fingerprint density at radius 2 is 2.33 bits per heavy atom. The number of pyridine rings is 1. The van der Waals surface area contributed by atoms with Gasteiger partial charge >= 0.3 is 0 Å². The van der Waals surface area contributed by atoms with Gasteiger partial charge in [0.25, 0.3) is 5.91 Å². The van der Waals surface area contributed by atoms with E-state index in [2.05, 4.69) is 32.4 Å². The van der Waals surface area contributed by atoms with Crippen LogP contribution in [0.15, 0.2) is 34.4 Å². The van der Waals surface area contributed by atoms with Crippen LogP contribution in [0.3, 0.4) is 0 Å². The van der Waals surface area contributed by atoms with E-state index in [9.17, 15) is 4.79 Å². The van der Waals surface area contributed by atoms with Gasteiger partial charge in [-0.1, -0.05) is 0 Å². The summed E-state index contributed by atoms with van der Waals surface area (Å²) in [6.07, 6.45) is 4.26. The van der Waals surface area contributed by atoms with Crippen molar-refractivity contribution in [2.45, 2.75) is 13.0 Å². The lowest BCUT2D eigenvalue weighted by Gasteiger charge is -2.27. The smallest absolute Gasteiger partial charge is 0.255 e. The zero-order valence-corrected chi connectivity index (χ0v) is 12.0. The molecule has 0 saturated heterocycles. The zero-order chi connectivity index (χ0) is 12.5. The molecule has 0 spiro atoms. The summed E-state index contributed by atoms with van der Waals surface area (Å²) in [5.74, 6) is 0.0562. The summed E-state index contributed by atoms with van der Waals surface area (Å²) < 4.78 is 0.835. The average Bonchev–Trinajstić information content (AvgIpc) is 2.85. The van der Waals surface area contributed by atoms with Gasteiger partial charge in [-0.2, -0.15) is 0 Å². The summed E-state index contributed by atoms with van der Waals surface area (Å²) in [6.45, 7) is 1.50. The molecule has 18 heavy (non-hydrogen) atoms. The number of thiophene rings is 1. The van der Waals surface area contributed by atoms with Crippen LogP contribution in [0, 0.1) is 0 Å². The minimum Gasteiger partial charge on any atom is -0.334 e. The number of aromatic nitrogens is 1. The molecule has 3 rings (SSSR count). The number of nitrogens with zero attached hydrogens (tertiary/aromatic N) is 2. The van der Waals surface area contributed by atoms with Crippen LogP contribution in [0.1, 0.15) is 20.8 Å². The van der Waals surface area contributed by atoms with Crippen molar-refractivity contribution in [2.75, 3.05) is 6.54 Å². The molecule has 1 amide bonds. The Morgan fingerprint density at radius 1 is 1.44 bits per heavy atom. The quantitative estimate of drug-likeness (QED) is 0.808. The highest BCUT2D eigenvalue weighted by Crippen LogP contribution is 2.25. The summed E-state index contributed by atoms with van der Waals surface area (Å²) >= 11 is 5.12. The van der Waals surface area contributed by atoms with Crippen LogP contribution < -0.4 is 0 Å². The molecule has 0 aliphatic carbocycles. The molecule has 0 N–H and O–H groups in total. The monoisotopic (exact) mass is 322 g/mol. The van der Waals surface area contributed by atoms with E-state index in [1.54, 1.807) is 23.7 Å². The van der Waals surface area contributed by atoms with Crippen molar-refractivity contribution in [3.8, 4) is 0 Å². The van der Waals surface area contributed by atoms with Gasteiger partial charge in [0.2, 0.25) is 0 Å². The molecule has 0 fully saturated rings. The number of halogens is 1. The average molecular weight is 323 g/mol. The fourth-order valence-corrected chi connectivity index (χ4v) is 3.39. The first kappa shape index (κ1) is 11.9. The van der Waals surface area contributed by atoms with Crippen LogP contribution in [0.2, 0.25) is 0 Å². The van der Waals surface area contributed by atoms with E-state index in [-0.39, 0.29) is 5.91 Å². The molecule has 1 aliphatic heterocycles. The van der Waals surface area contributed by atoms with Crippen molar-refractivity contribution in [1.82, 2.24) is 9.88 Å². The number of hydrogen-bond donors (Lipinski definition) is 0. The zero-order valence-electron chi connectivity index (χ0n) is 9.60. The van der Waals surface area contributed by atoms with E-state index in [1.165, 1.54) is 10.4 Å². The summed E-state index contributed by atoms with van der Waals surface area (Å²) in [5, 5.41) is 2.10. The highest BCUT2D eigenvalue weighted by atomic mass is 79.9. The molecule has 3 heterocycles. The van der Waals surface area contributed by atoms with Crippen LogP contribution in [-0.4, -0.2) is 22.3 Å². The Labute approximate surface area is 118 Å². The van der Waals surface area contributed by atoms with Gasteiger partial charge < -0.3 is 4.90 Å². The van der Waals surface area contributed by atoms with E-state index in [0.717, 1.165) is 17.4 Å². The van der Waals surface area contributed by atoms with Crippen molar-refractivity contribution in [2.24, 2.45) is 0 Å². The molecular weight excluding hydrogens is 312 g/mol. The molecule has 3 nitrogen and oxygen atoms in total. The largest absolute Gasteiger partial charge is 0.334 e. The van der Waals surface area contributed by atoms with Crippen LogP contribution in [0.5, 0.6) is 0 Å². The van der Waals surface area contributed by atoms with Crippen LogP contribution >= 0.6 is 27.3 Å². The number of carbonyl (C=O) groups excluding carboxylic acids is 1. The molecule has 0 unspecified atom stereocenters. The predicted octanol–water partition coefficient (Wildman–Crippen LogP) is 3.10. The second-order valence-corrected chi connectivity index (χ2v) is 6.15. The van der Waals surface area contributed by atoms with Gasteiger partial charge in [-0.3, -0.25) is 9.78 Å². The van der Waals surface area contributed by atoms with Gasteiger partial charge in [0.1, 0.15) is 0 Å². The Kier molecular flexibility index (Phi) is 3.18. The molecule has 2 aromatic rings. The molecule has 92 valence electrons. The fraction of sp³-hybridized carbons (Fsp3) is 0.231. The third-order valence-corrected chi connectivity index (χ3v) is 4.50. The second-order valence-electron chi connectivity index (χ2n) is 4.24. The molecule has 0 atom stereocenters. The van der Waals surface area contributed by atoms with Crippen molar-refractivity contribution < 1.29 is 4.79 Å². The van der Waals surface area contributed by atoms with E-state index in [0.29, 0.717) is 12.1 Å². The standard InChI is InChI=1S/C13H11BrN2OS/c14-11-5-10(6-15-7-11)13(17)16-3-1-12-9(8-16)2-4-18-12/h2,4-7H,1,3,8H2. The summed E-state index contributed by atoms with van der Waals surface area (Å²) in [7, 11) is 0. The second kappa shape index (κ2) is 4.82. The number of hydrogen-bond acceptors (Lipinski definition) is 3. The summed E-state index contributed by atoms with van der Waals surface area (Å²) in [5.41, 5.74) is 1.92. The van der Waals surface area contributed by atoms with E-state index >= 15 is 0 Å². The van der Waals surface area contributed by atoms with Gasteiger partial charge in [-0.05, 0) is 45.4 Å². The number of fused-ring (bicyclic) bond motifs is 1. The van der Waals surface area contributed by atoms with E-state index < -0.39 is 0 Å². The van der Waals surface area contributed by atoms with E-state index in [4.69, 9.17) is 0 Å². The fourth-order valence-electron chi connectivity index (χ4n) is 2.13. The third-order valence-electron chi connectivity index (χ3n) is 3.05. The Hall–Kier alpha value is -1.20. The maximum atomic E-state index is 12.4. The molecule has 0 aromatic carbocycles. The lowest BCUT2D eigenvalue weighted by molar-refractivity contribution is 0.0735. The molecule has 5 heteroatoms. The topological polar surface area (TPSA) is 33.2 Å². The van der Waals surface area contributed by atoms with Gasteiger partial charge in [0.15, 0.2) is 0 Å². The maximum absolute atomic E-state index is 12.4. The molecule has 0 radical (unpaired) electrons. The first-order chi connectivity index (χ1) is 8.74. The van der Waals surface area contributed by atoms with Crippen molar-refractivity contribution in [1.29, 1.82) is 0 Å². The highest BCUT2D eigenvalue weighted by Gasteiger charge is 2.22. The third kappa shape index (κ3) is 2.20. The maximum Gasteiger partial charge on any atom is 0.255 e. The Balaban J connectivity index is 1.83. The number of amides is 1. The lowest BCUT2D eigenvalue weighted by Crippen LogP contribution is -2.35. The number of rotatable bonds is 1. The summed E-state index contributed by atoms with van der Waals surface area (Å²) in [6, 6.07) is 3.93. The van der Waals surface area contributed by atoms with Gasteiger partial charge in [0, 0.05) is 34.8 Å². The van der Waals surface area contributed by atoms with Crippen molar-refractivity contribution in [3.05, 3.63) is 50.4 Å². The molecule has 2 aromatic heterocycles. The SMILES string of the molecule is O=C(c1cncc(Br)c1)N1CCc2sccc2C1. The first-order valence-electron chi connectivity index (χ1n) is 5.69. The van der Waals surface area contributed by atoms with Gasteiger partial charge in [-0.15, -0.1) is 11.3 Å². The van der Waals surface area contributed by atoms with Crippen LogP contribution in [-0.2, 0) is 13.0 Å².